The standard InChI is InChI=1S/C19H34O/c1-13(2)17-7-15-8-18(10-17,14(3)4)12-19(9-15,11-17)16(5,6)20/h13-15,20H,7-12H2,1-6H3/t15?,17-,18+,19?. The molecule has 116 valence electrons. The summed E-state index contributed by atoms with van der Waals surface area (Å²) in [5.41, 5.74) is 0.668. The van der Waals surface area contributed by atoms with E-state index in [1.54, 1.807) is 0 Å². The van der Waals surface area contributed by atoms with Gasteiger partial charge in [-0.2, -0.15) is 0 Å². The molecule has 2 unspecified atom stereocenters. The summed E-state index contributed by atoms with van der Waals surface area (Å²) < 4.78 is 0. The van der Waals surface area contributed by atoms with Gasteiger partial charge < -0.3 is 5.11 Å². The lowest BCUT2D eigenvalue weighted by Crippen LogP contribution is -2.65. The quantitative estimate of drug-likeness (QED) is 0.768. The zero-order chi connectivity index (χ0) is 15.0. The van der Waals surface area contributed by atoms with E-state index in [4.69, 9.17) is 0 Å². The second-order valence-electron chi connectivity index (χ2n) is 9.88. The van der Waals surface area contributed by atoms with Crippen molar-refractivity contribution in [2.75, 3.05) is 0 Å². The Morgan fingerprint density at radius 1 is 0.850 bits per heavy atom. The van der Waals surface area contributed by atoms with Gasteiger partial charge >= 0.3 is 0 Å². The van der Waals surface area contributed by atoms with Crippen LogP contribution in [0.15, 0.2) is 0 Å². The van der Waals surface area contributed by atoms with Gasteiger partial charge in [-0.25, -0.2) is 0 Å². The molecule has 0 saturated heterocycles. The Bertz CT molecular complexity index is 376. The van der Waals surface area contributed by atoms with E-state index in [0.717, 1.165) is 17.8 Å². The number of rotatable bonds is 3. The van der Waals surface area contributed by atoms with Crippen LogP contribution in [0.25, 0.3) is 0 Å². The first kappa shape index (κ1) is 14.9. The van der Waals surface area contributed by atoms with E-state index < -0.39 is 5.60 Å². The Kier molecular flexibility index (Phi) is 3.00. The topological polar surface area (TPSA) is 20.2 Å². The summed E-state index contributed by atoms with van der Waals surface area (Å²) >= 11 is 0. The minimum absolute atomic E-state index is 0.182. The summed E-state index contributed by atoms with van der Waals surface area (Å²) in [6, 6.07) is 0. The molecule has 0 aromatic heterocycles. The Labute approximate surface area is 125 Å². The average molecular weight is 278 g/mol. The van der Waals surface area contributed by atoms with Crippen molar-refractivity contribution in [1.29, 1.82) is 0 Å². The predicted octanol–water partition coefficient (Wildman–Crippen LogP) is 5.03. The molecule has 0 heterocycles. The van der Waals surface area contributed by atoms with Crippen molar-refractivity contribution >= 4 is 0 Å². The number of hydrogen-bond donors (Lipinski definition) is 1. The molecule has 4 aliphatic rings. The third kappa shape index (κ3) is 1.77. The normalized spacial score (nSPS) is 47.5. The first-order chi connectivity index (χ1) is 9.04. The van der Waals surface area contributed by atoms with E-state index >= 15 is 0 Å². The van der Waals surface area contributed by atoms with Gasteiger partial charge in [0.1, 0.15) is 0 Å². The highest BCUT2D eigenvalue weighted by Crippen LogP contribution is 2.75. The summed E-state index contributed by atoms with van der Waals surface area (Å²) in [6.07, 6.45) is 8.09. The van der Waals surface area contributed by atoms with Crippen LogP contribution in [0.4, 0.5) is 0 Å². The van der Waals surface area contributed by atoms with Crippen LogP contribution in [-0.2, 0) is 0 Å². The molecule has 1 heteroatoms. The summed E-state index contributed by atoms with van der Waals surface area (Å²) in [7, 11) is 0. The third-order valence-electron chi connectivity index (χ3n) is 7.90. The minimum Gasteiger partial charge on any atom is -0.390 e. The molecular formula is C19H34O. The minimum atomic E-state index is -0.521. The molecular weight excluding hydrogens is 244 g/mol. The maximum absolute atomic E-state index is 11.0. The van der Waals surface area contributed by atoms with Crippen LogP contribution in [0.5, 0.6) is 0 Å². The monoisotopic (exact) mass is 278 g/mol. The van der Waals surface area contributed by atoms with Gasteiger partial charge in [-0.1, -0.05) is 27.7 Å². The maximum atomic E-state index is 11.0. The fourth-order valence-electron chi connectivity index (χ4n) is 6.56. The lowest BCUT2D eigenvalue weighted by Gasteiger charge is -2.71. The molecule has 0 aromatic carbocycles. The molecule has 0 aliphatic heterocycles. The highest BCUT2D eigenvalue weighted by molar-refractivity contribution is 5.17. The van der Waals surface area contributed by atoms with Crippen LogP contribution < -0.4 is 0 Å². The van der Waals surface area contributed by atoms with E-state index in [1.807, 2.05) is 0 Å². The fraction of sp³-hybridized carbons (Fsp3) is 1.00. The first-order valence-electron chi connectivity index (χ1n) is 8.77. The zero-order valence-electron chi connectivity index (χ0n) is 14.4. The summed E-state index contributed by atoms with van der Waals surface area (Å²) in [6.45, 7) is 13.9. The fourth-order valence-corrected chi connectivity index (χ4v) is 6.56. The highest BCUT2D eigenvalue weighted by atomic mass is 16.3. The van der Waals surface area contributed by atoms with Crippen molar-refractivity contribution in [3.05, 3.63) is 0 Å². The maximum Gasteiger partial charge on any atom is 0.0648 e. The van der Waals surface area contributed by atoms with E-state index in [-0.39, 0.29) is 5.41 Å². The molecule has 1 nitrogen and oxygen atoms in total. The van der Waals surface area contributed by atoms with Crippen molar-refractivity contribution < 1.29 is 5.11 Å². The Morgan fingerprint density at radius 2 is 1.30 bits per heavy atom. The molecule has 4 atom stereocenters. The first-order valence-corrected chi connectivity index (χ1v) is 8.77. The van der Waals surface area contributed by atoms with Crippen molar-refractivity contribution in [3.8, 4) is 0 Å². The van der Waals surface area contributed by atoms with Gasteiger partial charge in [0, 0.05) is 0 Å². The van der Waals surface area contributed by atoms with Crippen LogP contribution in [0.3, 0.4) is 0 Å². The average Bonchev–Trinajstić information content (AvgIpc) is 2.25. The molecule has 4 aliphatic carbocycles. The van der Waals surface area contributed by atoms with Gasteiger partial charge in [0.2, 0.25) is 0 Å². The molecule has 0 spiro atoms. The molecule has 0 radical (unpaired) electrons. The molecule has 0 aromatic rings. The molecule has 4 bridgehead atoms. The predicted molar refractivity (Wildman–Crippen MR) is 84.5 cm³/mol. The SMILES string of the molecule is CC(C)[C@@]12CC3CC(C(C)(C)O)(C1)C[C@](C(C)C)(C3)C2. The van der Waals surface area contributed by atoms with E-state index in [1.165, 1.54) is 38.5 Å². The largest absolute Gasteiger partial charge is 0.390 e. The molecule has 4 fully saturated rings. The molecule has 1 N–H and O–H groups in total. The Morgan fingerprint density at radius 3 is 1.65 bits per heavy atom. The highest BCUT2D eigenvalue weighted by Gasteiger charge is 2.67. The molecule has 4 saturated carbocycles. The lowest BCUT2D eigenvalue weighted by atomic mass is 9.34. The van der Waals surface area contributed by atoms with Gasteiger partial charge in [0.15, 0.2) is 0 Å². The second-order valence-corrected chi connectivity index (χ2v) is 9.88. The number of aliphatic hydroxyl groups is 1. The van der Waals surface area contributed by atoms with Gasteiger partial charge in [0.05, 0.1) is 5.60 Å². The lowest BCUT2D eigenvalue weighted by molar-refractivity contribution is -0.243. The van der Waals surface area contributed by atoms with E-state index in [9.17, 15) is 5.11 Å². The Balaban J connectivity index is 2.10. The van der Waals surface area contributed by atoms with Gasteiger partial charge in [-0.3, -0.25) is 0 Å². The number of hydrogen-bond acceptors (Lipinski definition) is 1. The van der Waals surface area contributed by atoms with Crippen LogP contribution in [0.1, 0.15) is 80.1 Å². The smallest absolute Gasteiger partial charge is 0.0648 e. The zero-order valence-corrected chi connectivity index (χ0v) is 14.4. The van der Waals surface area contributed by atoms with Crippen LogP contribution >= 0.6 is 0 Å². The van der Waals surface area contributed by atoms with E-state index in [0.29, 0.717) is 10.8 Å². The van der Waals surface area contributed by atoms with Crippen molar-refractivity contribution in [2.24, 2.45) is 34.0 Å². The second kappa shape index (κ2) is 4.03. The molecule has 0 amide bonds. The van der Waals surface area contributed by atoms with Crippen LogP contribution in [0, 0.1) is 34.0 Å². The van der Waals surface area contributed by atoms with Crippen molar-refractivity contribution in [2.45, 2.75) is 85.7 Å². The molecule has 4 rings (SSSR count). The van der Waals surface area contributed by atoms with Gasteiger partial charge in [0.25, 0.3) is 0 Å². The summed E-state index contributed by atoms with van der Waals surface area (Å²) in [5.74, 6) is 2.37. The van der Waals surface area contributed by atoms with Crippen molar-refractivity contribution in [3.63, 3.8) is 0 Å². The van der Waals surface area contributed by atoms with Crippen molar-refractivity contribution in [1.82, 2.24) is 0 Å². The third-order valence-corrected chi connectivity index (χ3v) is 7.90. The summed E-state index contributed by atoms with van der Waals surface area (Å²) in [5, 5.41) is 11.0. The molecule has 20 heavy (non-hydrogen) atoms. The van der Waals surface area contributed by atoms with Crippen LogP contribution in [0.2, 0.25) is 0 Å². The van der Waals surface area contributed by atoms with E-state index in [2.05, 4.69) is 41.5 Å². The Hall–Kier alpha value is -0.0400. The van der Waals surface area contributed by atoms with Gasteiger partial charge in [-0.05, 0) is 86.4 Å². The van der Waals surface area contributed by atoms with Gasteiger partial charge in [-0.15, -0.1) is 0 Å². The van der Waals surface area contributed by atoms with Crippen LogP contribution in [-0.4, -0.2) is 10.7 Å². The summed E-state index contributed by atoms with van der Waals surface area (Å²) in [4.78, 5) is 0.